The second kappa shape index (κ2) is 22.8. The minimum atomic E-state index is -0.994. The number of hydrogen-bond acceptors (Lipinski definition) is 13. The number of pyridine rings is 1. The molecule has 15 nitrogen and oxygen atoms in total. The summed E-state index contributed by atoms with van der Waals surface area (Å²) in [6, 6.07) is 6.18. The van der Waals surface area contributed by atoms with E-state index >= 15 is 0 Å². The van der Waals surface area contributed by atoms with Crippen LogP contribution < -0.4 is 15.0 Å². The molecular formula is C35H52N6O9. The lowest BCUT2D eigenvalue weighted by atomic mass is 9.99. The maximum atomic E-state index is 10.3. The van der Waals surface area contributed by atoms with Crippen molar-refractivity contribution in [2.24, 2.45) is 0 Å². The van der Waals surface area contributed by atoms with Crippen molar-refractivity contribution in [3.63, 3.8) is 0 Å². The topological polar surface area (TPSA) is 171 Å². The smallest absolute Gasteiger partial charge is 0.328 e. The van der Waals surface area contributed by atoms with Crippen LogP contribution in [0.15, 0.2) is 42.7 Å². The number of rotatable bonds is 26. The Bertz CT molecular complexity index is 1420. The molecule has 4 heterocycles. The van der Waals surface area contributed by atoms with Crippen LogP contribution in [-0.4, -0.2) is 128 Å². The van der Waals surface area contributed by atoms with E-state index in [9.17, 15) is 9.90 Å². The van der Waals surface area contributed by atoms with Crippen LogP contribution in [-0.2, 0) is 41.4 Å². The third kappa shape index (κ3) is 13.5. The Morgan fingerprint density at radius 3 is 2.30 bits per heavy atom. The number of hydrogen-bond donors (Lipinski definition) is 3. The zero-order valence-electron chi connectivity index (χ0n) is 29.0. The minimum absolute atomic E-state index is 0.172. The molecule has 50 heavy (non-hydrogen) atoms. The Balaban J connectivity index is 1.07. The molecule has 15 heteroatoms. The van der Waals surface area contributed by atoms with Gasteiger partial charge >= 0.3 is 5.97 Å². The zero-order valence-corrected chi connectivity index (χ0v) is 29.0. The molecule has 0 radical (unpaired) electrons. The van der Waals surface area contributed by atoms with Gasteiger partial charge in [0.1, 0.15) is 18.2 Å². The molecule has 3 aromatic heterocycles. The number of aliphatic carboxylic acids is 1. The summed E-state index contributed by atoms with van der Waals surface area (Å²) in [5.41, 5.74) is 2.96. The van der Waals surface area contributed by atoms with Crippen LogP contribution in [0.5, 0.6) is 5.88 Å². The Labute approximate surface area is 293 Å². The second-order valence-electron chi connectivity index (χ2n) is 11.6. The number of anilines is 2. The van der Waals surface area contributed by atoms with Crippen molar-refractivity contribution in [2.45, 2.75) is 51.6 Å². The number of carboxylic acids is 1. The van der Waals surface area contributed by atoms with Gasteiger partial charge in [-0.05, 0) is 37.7 Å². The predicted molar refractivity (Wildman–Crippen MR) is 187 cm³/mol. The van der Waals surface area contributed by atoms with E-state index < -0.39 is 5.97 Å². The molecule has 0 amide bonds. The van der Waals surface area contributed by atoms with Crippen molar-refractivity contribution < 1.29 is 43.4 Å². The number of nitrogens with one attached hydrogen (secondary N) is 1. The van der Waals surface area contributed by atoms with E-state index in [1.807, 2.05) is 22.8 Å². The van der Waals surface area contributed by atoms with E-state index in [0.717, 1.165) is 66.7 Å². The summed E-state index contributed by atoms with van der Waals surface area (Å²) >= 11 is 0. The van der Waals surface area contributed by atoms with Gasteiger partial charge in [-0.1, -0.05) is 19.1 Å². The van der Waals surface area contributed by atoms with Gasteiger partial charge in [-0.25, -0.2) is 14.8 Å². The van der Waals surface area contributed by atoms with Crippen molar-refractivity contribution in [1.29, 1.82) is 0 Å². The molecule has 4 rings (SSSR count). The van der Waals surface area contributed by atoms with Gasteiger partial charge in [-0.15, -0.1) is 0 Å². The zero-order chi connectivity index (χ0) is 35.2. The van der Waals surface area contributed by atoms with Gasteiger partial charge in [0.05, 0.1) is 72.3 Å². The van der Waals surface area contributed by atoms with Crippen LogP contribution in [0.1, 0.15) is 43.7 Å². The molecule has 0 aliphatic carbocycles. The maximum Gasteiger partial charge on any atom is 0.328 e. The standard InChI is InChI=1S/C35H52N6O9/c1-2-29-27-38-41-31(24-32(39-35(29)41)40-11-4-3-6-30(40)10-12-42)36-25-28-8-9-33(37-26-28)50-23-22-49-21-20-48-19-18-47-17-16-46-15-14-45-13-5-7-34(43)44/h5,7-9,24,26-27,30,36,42H,2-4,6,10-23,25H2,1H3,(H,43,44)/b7-5+. The molecule has 1 unspecified atom stereocenters. The van der Waals surface area contributed by atoms with E-state index in [-0.39, 0.29) is 19.3 Å². The summed E-state index contributed by atoms with van der Waals surface area (Å²) in [5, 5.41) is 26.3. The molecule has 1 fully saturated rings. The highest BCUT2D eigenvalue weighted by Crippen LogP contribution is 2.29. The fourth-order valence-electron chi connectivity index (χ4n) is 5.45. The third-order valence-corrected chi connectivity index (χ3v) is 8.01. The first kappa shape index (κ1) is 38.9. The molecule has 1 atom stereocenters. The average Bonchev–Trinajstić information content (AvgIpc) is 3.55. The Morgan fingerprint density at radius 2 is 1.66 bits per heavy atom. The van der Waals surface area contributed by atoms with Gasteiger partial charge < -0.3 is 48.9 Å². The van der Waals surface area contributed by atoms with Crippen LogP contribution in [0.3, 0.4) is 0 Å². The summed E-state index contributed by atoms with van der Waals surface area (Å²) in [6.07, 6.45) is 11.1. The summed E-state index contributed by atoms with van der Waals surface area (Å²) < 4.78 is 34.7. The average molecular weight is 701 g/mol. The quantitative estimate of drug-likeness (QED) is 0.0824. The van der Waals surface area contributed by atoms with Crippen molar-refractivity contribution in [2.75, 3.05) is 96.0 Å². The summed E-state index contributed by atoms with van der Waals surface area (Å²) in [6.45, 7) is 8.33. The van der Waals surface area contributed by atoms with Gasteiger partial charge in [0.2, 0.25) is 5.88 Å². The van der Waals surface area contributed by atoms with Crippen LogP contribution >= 0.6 is 0 Å². The van der Waals surface area contributed by atoms with Crippen LogP contribution in [0, 0.1) is 0 Å². The highest BCUT2D eigenvalue weighted by molar-refractivity contribution is 5.79. The molecule has 1 saturated heterocycles. The number of aliphatic hydroxyl groups excluding tert-OH is 1. The largest absolute Gasteiger partial charge is 0.478 e. The third-order valence-electron chi connectivity index (χ3n) is 8.01. The highest BCUT2D eigenvalue weighted by atomic mass is 16.6. The molecule has 0 aromatic carbocycles. The predicted octanol–water partition coefficient (Wildman–Crippen LogP) is 3.14. The number of ether oxygens (including phenoxy) is 6. The minimum Gasteiger partial charge on any atom is -0.478 e. The number of aryl methyl sites for hydroxylation is 1. The number of carbonyl (C=O) groups is 1. The molecule has 3 aromatic rings. The molecule has 276 valence electrons. The number of aromatic nitrogens is 4. The van der Waals surface area contributed by atoms with Gasteiger partial charge in [-0.3, -0.25) is 0 Å². The van der Waals surface area contributed by atoms with Gasteiger partial charge in [0, 0.05) is 55.7 Å². The van der Waals surface area contributed by atoms with Crippen molar-refractivity contribution >= 4 is 23.3 Å². The van der Waals surface area contributed by atoms with E-state index in [4.69, 9.17) is 38.5 Å². The number of carboxylic acid groups (broad SMARTS) is 1. The molecule has 0 bridgehead atoms. The Hall–Kier alpha value is -3.86. The van der Waals surface area contributed by atoms with Crippen molar-refractivity contribution in [1.82, 2.24) is 19.6 Å². The molecule has 1 aliphatic rings. The summed E-state index contributed by atoms with van der Waals surface area (Å²) in [7, 11) is 0. The van der Waals surface area contributed by atoms with Crippen LogP contribution in [0.4, 0.5) is 11.6 Å². The van der Waals surface area contributed by atoms with Crippen LogP contribution in [0.2, 0.25) is 0 Å². The van der Waals surface area contributed by atoms with E-state index in [1.54, 1.807) is 6.20 Å². The first-order valence-electron chi connectivity index (χ1n) is 17.4. The Kier molecular flexibility index (Phi) is 17.7. The lowest BCUT2D eigenvalue weighted by Gasteiger charge is -2.36. The highest BCUT2D eigenvalue weighted by Gasteiger charge is 2.25. The molecule has 1 aliphatic heterocycles. The number of nitrogens with zero attached hydrogens (tertiary/aromatic N) is 5. The number of aliphatic hydroxyl groups is 1. The molecule has 3 N–H and O–H groups in total. The van der Waals surface area contributed by atoms with Gasteiger partial charge in [-0.2, -0.15) is 9.61 Å². The number of piperidine rings is 1. The molecule has 0 saturated carbocycles. The fraction of sp³-hybridized carbons (Fsp3) is 0.600. The lowest BCUT2D eigenvalue weighted by Crippen LogP contribution is -2.40. The molecule has 0 spiro atoms. The maximum absolute atomic E-state index is 10.3. The first-order valence-corrected chi connectivity index (χ1v) is 17.4. The van der Waals surface area contributed by atoms with E-state index in [2.05, 4.69) is 33.3 Å². The SMILES string of the molecule is CCc1cnn2c(NCc3ccc(OCCOCCOCCOCCOCCOC/C=C/C(=O)O)nc3)cc(N3CCCCC3CCO)nc12. The lowest BCUT2D eigenvalue weighted by molar-refractivity contribution is -0.131. The Morgan fingerprint density at radius 1 is 0.960 bits per heavy atom. The van der Waals surface area contributed by atoms with E-state index in [1.165, 1.54) is 12.5 Å². The van der Waals surface area contributed by atoms with Crippen molar-refractivity contribution in [3.8, 4) is 5.88 Å². The normalized spacial score (nSPS) is 14.9. The number of fused-ring (bicyclic) bond motifs is 1. The monoisotopic (exact) mass is 700 g/mol. The summed E-state index contributed by atoms with van der Waals surface area (Å²) in [5.74, 6) is 1.32. The summed E-state index contributed by atoms with van der Waals surface area (Å²) in [4.78, 5) is 22.1. The van der Waals surface area contributed by atoms with Crippen molar-refractivity contribution in [3.05, 3.63) is 53.9 Å². The van der Waals surface area contributed by atoms with Crippen LogP contribution in [0.25, 0.3) is 5.65 Å². The van der Waals surface area contributed by atoms with Gasteiger partial charge in [0.25, 0.3) is 0 Å². The molecular weight excluding hydrogens is 648 g/mol. The fourth-order valence-corrected chi connectivity index (χ4v) is 5.45. The first-order chi connectivity index (χ1) is 24.6. The van der Waals surface area contributed by atoms with Gasteiger partial charge in [0.15, 0.2) is 5.65 Å². The van der Waals surface area contributed by atoms with E-state index in [0.29, 0.717) is 78.5 Å². The second-order valence-corrected chi connectivity index (χ2v) is 11.6.